The molecule has 1 aliphatic heterocycles. The Morgan fingerprint density at radius 3 is 2.55 bits per heavy atom. The first-order valence-electron chi connectivity index (χ1n) is 6.67. The molecule has 0 saturated carbocycles. The van der Waals surface area contributed by atoms with E-state index in [4.69, 9.17) is 0 Å². The fourth-order valence-electron chi connectivity index (χ4n) is 2.37. The van der Waals surface area contributed by atoms with Crippen LogP contribution in [0, 0.1) is 0 Å². The minimum Gasteiger partial charge on any atom is -0.352 e. The lowest BCUT2D eigenvalue weighted by molar-refractivity contribution is 0.585. The van der Waals surface area contributed by atoms with E-state index in [1.165, 1.54) is 4.57 Å². The van der Waals surface area contributed by atoms with Crippen molar-refractivity contribution in [1.29, 1.82) is 0 Å². The Bertz CT molecular complexity index is 681. The minimum atomic E-state index is -0.165. The zero-order valence-electron chi connectivity index (χ0n) is 12.0. The monoisotopic (exact) mass is 277 g/mol. The van der Waals surface area contributed by atoms with E-state index in [0.717, 1.165) is 32.0 Å². The minimum absolute atomic E-state index is 0.165. The second-order valence-corrected chi connectivity index (χ2v) is 5.17. The summed E-state index contributed by atoms with van der Waals surface area (Å²) in [6.45, 7) is 3.57. The number of H-pyrrole nitrogens is 1. The number of anilines is 2. The summed E-state index contributed by atoms with van der Waals surface area (Å²) < 4.78 is 1.52. The van der Waals surface area contributed by atoms with Crippen LogP contribution in [0.1, 0.15) is 0 Å². The predicted molar refractivity (Wildman–Crippen MR) is 78.5 cm³/mol. The van der Waals surface area contributed by atoms with Gasteiger partial charge in [-0.15, -0.1) is 0 Å². The molecule has 108 valence electrons. The molecule has 0 aromatic carbocycles. The largest absolute Gasteiger partial charge is 0.352 e. The molecule has 0 amide bonds. The van der Waals surface area contributed by atoms with Crippen molar-refractivity contribution < 1.29 is 0 Å². The Labute approximate surface area is 116 Å². The van der Waals surface area contributed by atoms with Crippen molar-refractivity contribution in [3.63, 3.8) is 0 Å². The molecule has 2 aromatic heterocycles. The zero-order valence-corrected chi connectivity index (χ0v) is 12.0. The number of aryl methyl sites for hydroxylation is 1. The third kappa shape index (κ3) is 2.01. The standard InChI is InChI=1S/C12H19N7O/c1-17(2)11-15-9-8(14-12(20)18(9)3)10(16-11)19-6-4-13-5-7-19/h13H,4-7H2,1-3H3,(H,14,20). The fourth-order valence-corrected chi connectivity index (χ4v) is 2.37. The zero-order chi connectivity index (χ0) is 14.3. The summed E-state index contributed by atoms with van der Waals surface area (Å²) in [6.07, 6.45) is 0. The van der Waals surface area contributed by atoms with E-state index < -0.39 is 0 Å². The number of hydrogen-bond acceptors (Lipinski definition) is 6. The van der Waals surface area contributed by atoms with Gasteiger partial charge in [0, 0.05) is 47.3 Å². The summed E-state index contributed by atoms with van der Waals surface area (Å²) in [5, 5.41) is 3.31. The summed E-state index contributed by atoms with van der Waals surface area (Å²) in [6, 6.07) is 0. The Morgan fingerprint density at radius 2 is 1.90 bits per heavy atom. The van der Waals surface area contributed by atoms with Crippen molar-refractivity contribution in [3.8, 4) is 0 Å². The molecule has 0 unspecified atom stereocenters. The van der Waals surface area contributed by atoms with Crippen LogP contribution in [0.2, 0.25) is 0 Å². The number of aromatic nitrogens is 4. The molecule has 0 atom stereocenters. The molecular weight excluding hydrogens is 258 g/mol. The van der Waals surface area contributed by atoms with Crippen molar-refractivity contribution in [2.45, 2.75) is 0 Å². The van der Waals surface area contributed by atoms with E-state index in [-0.39, 0.29) is 5.69 Å². The Balaban J connectivity index is 2.22. The average Bonchev–Trinajstić information content (AvgIpc) is 2.74. The highest BCUT2D eigenvalue weighted by molar-refractivity contribution is 5.85. The summed E-state index contributed by atoms with van der Waals surface area (Å²) >= 11 is 0. The molecule has 20 heavy (non-hydrogen) atoms. The SMILES string of the molecule is CN(C)c1nc(N2CCNCC2)c2[nH]c(=O)n(C)c2n1. The predicted octanol–water partition coefficient (Wildman–Crippen LogP) is -0.868. The van der Waals surface area contributed by atoms with Gasteiger partial charge in [-0.2, -0.15) is 9.97 Å². The van der Waals surface area contributed by atoms with Gasteiger partial charge in [-0.05, 0) is 0 Å². The summed E-state index contributed by atoms with van der Waals surface area (Å²) in [5.74, 6) is 1.42. The number of nitrogens with one attached hydrogen (secondary N) is 2. The highest BCUT2D eigenvalue weighted by Crippen LogP contribution is 2.23. The van der Waals surface area contributed by atoms with E-state index in [1.807, 2.05) is 19.0 Å². The fraction of sp³-hybridized carbons (Fsp3) is 0.583. The second-order valence-electron chi connectivity index (χ2n) is 5.17. The molecule has 0 aliphatic carbocycles. The van der Waals surface area contributed by atoms with Crippen LogP contribution >= 0.6 is 0 Å². The van der Waals surface area contributed by atoms with E-state index >= 15 is 0 Å². The lowest BCUT2D eigenvalue weighted by atomic mass is 10.3. The van der Waals surface area contributed by atoms with Gasteiger partial charge < -0.3 is 20.1 Å². The number of hydrogen-bond donors (Lipinski definition) is 2. The highest BCUT2D eigenvalue weighted by Gasteiger charge is 2.20. The summed E-state index contributed by atoms with van der Waals surface area (Å²) in [7, 11) is 5.51. The maximum Gasteiger partial charge on any atom is 0.327 e. The van der Waals surface area contributed by atoms with Gasteiger partial charge in [0.25, 0.3) is 0 Å². The van der Waals surface area contributed by atoms with Crippen LogP contribution in [0.4, 0.5) is 11.8 Å². The van der Waals surface area contributed by atoms with Crippen LogP contribution in [-0.2, 0) is 7.05 Å². The normalized spacial score (nSPS) is 15.8. The smallest absolute Gasteiger partial charge is 0.327 e. The van der Waals surface area contributed by atoms with Crippen molar-refractivity contribution in [1.82, 2.24) is 24.8 Å². The lowest BCUT2D eigenvalue weighted by Crippen LogP contribution is -2.44. The Morgan fingerprint density at radius 1 is 1.20 bits per heavy atom. The van der Waals surface area contributed by atoms with Gasteiger partial charge in [-0.3, -0.25) is 4.57 Å². The third-order valence-electron chi connectivity index (χ3n) is 3.53. The van der Waals surface area contributed by atoms with Gasteiger partial charge in [0.15, 0.2) is 11.5 Å². The van der Waals surface area contributed by atoms with Crippen LogP contribution in [-0.4, -0.2) is 59.8 Å². The number of piperazine rings is 1. The van der Waals surface area contributed by atoms with Crippen LogP contribution in [0.3, 0.4) is 0 Å². The molecule has 0 radical (unpaired) electrons. The highest BCUT2D eigenvalue weighted by atomic mass is 16.1. The van der Waals surface area contributed by atoms with Crippen molar-refractivity contribution in [2.75, 3.05) is 50.1 Å². The number of fused-ring (bicyclic) bond motifs is 1. The first-order valence-corrected chi connectivity index (χ1v) is 6.67. The van der Waals surface area contributed by atoms with Crippen LogP contribution in [0.25, 0.3) is 11.2 Å². The maximum atomic E-state index is 11.8. The summed E-state index contributed by atoms with van der Waals surface area (Å²) in [5.41, 5.74) is 1.19. The number of rotatable bonds is 2. The summed E-state index contributed by atoms with van der Waals surface area (Å²) in [4.78, 5) is 27.8. The molecule has 8 heteroatoms. The second kappa shape index (κ2) is 4.78. The lowest BCUT2D eigenvalue weighted by Gasteiger charge is -2.29. The average molecular weight is 277 g/mol. The Hall–Kier alpha value is -2.09. The molecule has 3 rings (SSSR count). The van der Waals surface area contributed by atoms with E-state index in [0.29, 0.717) is 17.1 Å². The van der Waals surface area contributed by atoms with Crippen LogP contribution < -0.4 is 20.8 Å². The van der Waals surface area contributed by atoms with Crippen LogP contribution in [0.15, 0.2) is 4.79 Å². The molecule has 1 fully saturated rings. The maximum absolute atomic E-state index is 11.8. The molecule has 3 heterocycles. The van der Waals surface area contributed by atoms with Gasteiger partial charge in [0.05, 0.1) is 0 Å². The molecule has 2 N–H and O–H groups in total. The number of nitrogens with zero attached hydrogens (tertiary/aromatic N) is 5. The first-order chi connectivity index (χ1) is 9.58. The molecule has 2 aromatic rings. The molecule has 1 aliphatic rings. The van der Waals surface area contributed by atoms with Gasteiger partial charge >= 0.3 is 5.69 Å². The van der Waals surface area contributed by atoms with Crippen molar-refractivity contribution >= 4 is 22.9 Å². The van der Waals surface area contributed by atoms with Crippen LogP contribution in [0.5, 0.6) is 0 Å². The topological polar surface area (TPSA) is 82.1 Å². The third-order valence-corrected chi connectivity index (χ3v) is 3.53. The van der Waals surface area contributed by atoms with Gasteiger partial charge in [-0.1, -0.05) is 0 Å². The molecule has 1 saturated heterocycles. The molecule has 0 spiro atoms. The van der Waals surface area contributed by atoms with Gasteiger partial charge in [-0.25, -0.2) is 4.79 Å². The molecular formula is C12H19N7O. The van der Waals surface area contributed by atoms with Gasteiger partial charge in [0.1, 0.15) is 5.52 Å². The van der Waals surface area contributed by atoms with Crippen molar-refractivity contribution in [3.05, 3.63) is 10.5 Å². The first kappa shape index (κ1) is 12.9. The number of imidazole rings is 1. The Kier molecular flexibility index (Phi) is 3.09. The van der Waals surface area contributed by atoms with E-state index in [9.17, 15) is 4.79 Å². The molecule has 0 bridgehead atoms. The molecule has 8 nitrogen and oxygen atoms in total. The number of aromatic amines is 1. The van der Waals surface area contributed by atoms with E-state index in [1.54, 1.807) is 7.05 Å². The van der Waals surface area contributed by atoms with E-state index in [2.05, 4.69) is 25.2 Å². The van der Waals surface area contributed by atoms with Crippen molar-refractivity contribution in [2.24, 2.45) is 7.05 Å². The quantitative estimate of drug-likeness (QED) is 0.743. The van der Waals surface area contributed by atoms with Gasteiger partial charge in [0.2, 0.25) is 5.95 Å².